The number of benzene rings is 1. The van der Waals surface area contributed by atoms with E-state index in [9.17, 15) is 4.79 Å². The van der Waals surface area contributed by atoms with Gasteiger partial charge in [-0.05, 0) is 153 Å². The van der Waals surface area contributed by atoms with Crippen LogP contribution in [0.2, 0.25) is 0 Å². The first-order valence-electron chi connectivity index (χ1n) is 23.5. The molecule has 0 amide bonds. The molecule has 1 aromatic carbocycles. The number of carbonyl (C=O) groups is 1. The Morgan fingerprint density at radius 2 is 1.49 bits per heavy atom. The van der Waals surface area contributed by atoms with Crippen LogP contribution in [0.3, 0.4) is 0 Å². The number of nitrogens with zero attached hydrogens (tertiary/aromatic N) is 2. The molecule has 1 heterocycles. The van der Waals surface area contributed by atoms with Gasteiger partial charge in [0.15, 0.2) is 0 Å². The Kier molecular flexibility index (Phi) is 12.2. The minimum atomic E-state index is 0.0172. The second kappa shape index (κ2) is 16.2. The first kappa shape index (κ1) is 41.5. The van der Waals surface area contributed by atoms with Crippen molar-refractivity contribution >= 4 is 5.97 Å². The number of fused-ring (bicyclic) bond motifs is 7. The van der Waals surface area contributed by atoms with E-state index >= 15 is 0 Å². The molecule has 5 saturated carbocycles. The van der Waals surface area contributed by atoms with Crippen LogP contribution in [0.15, 0.2) is 42.5 Å². The topological polar surface area (TPSA) is 32.8 Å². The number of hydrogen-bond donors (Lipinski definition) is 0. The third-order valence-corrected chi connectivity index (χ3v) is 18.6. The molecule has 4 nitrogen and oxygen atoms in total. The van der Waals surface area contributed by atoms with E-state index in [0.717, 1.165) is 30.7 Å². The van der Waals surface area contributed by atoms with E-state index in [1.165, 1.54) is 134 Å². The van der Waals surface area contributed by atoms with E-state index < -0.39 is 0 Å². The maximum Gasteiger partial charge on any atom is 0.306 e. The van der Waals surface area contributed by atoms with Crippen molar-refractivity contribution in [3.8, 4) is 0 Å². The van der Waals surface area contributed by atoms with E-state index in [-0.39, 0.29) is 17.5 Å². The molecule has 0 unspecified atom stereocenters. The van der Waals surface area contributed by atoms with Crippen LogP contribution in [-0.4, -0.2) is 54.6 Å². The molecule has 0 bridgehead atoms. The monoisotopic (exact) mass is 755 g/mol. The van der Waals surface area contributed by atoms with Gasteiger partial charge in [-0.15, -0.1) is 0 Å². The molecule has 5 aliphatic carbocycles. The minimum Gasteiger partial charge on any atom is -0.462 e. The van der Waals surface area contributed by atoms with Crippen LogP contribution in [0.4, 0.5) is 0 Å². The molecule has 1 aliphatic heterocycles. The highest BCUT2D eigenvalue weighted by atomic mass is 16.5. The molecule has 1 saturated heterocycles. The molecule has 55 heavy (non-hydrogen) atoms. The molecule has 6 fully saturated rings. The molecular weight excluding hydrogens is 673 g/mol. The molecule has 1 aromatic rings. The third kappa shape index (κ3) is 7.69. The summed E-state index contributed by atoms with van der Waals surface area (Å²) in [5, 5.41) is 0. The smallest absolute Gasteiger partial charge is 0.306 e. The predicted molar refractivity (Wildman–Crippen MR) is 230 cm³/mol. The predicted octanol–water partition coefficient (Wildman–Crippen LogP) is 12.4. The summed E-state index contributed by atoms with van der Waals surface area (Å²) in [5.74, 6) is 4.11. The summed E-state index contributed by atoms with van der Waals surface area (Å²) in [6.07, 6.45) is 21.0. The van der Waals surface area contributed by atoms with Gasteiger partial charge in [0.25, 0.3) is 0 Å². The highest BCUT2D eigenvalue weighted by molar-refractivity contribution is 5.69. The fourth-order valence-electron chi connectivity index (χ4n) is 15.6. The number of allylic oxidation sites excluding steroid dienone is 1. The van der Waals surface area contributed by atoms with Crippen molar-refractivity contribution in [3.05, 3.63) is 48.0 Å². The van der Waals surface area contributed by atoms with Gasteiger partial charge in [-0.1, -0.05) is 110 Å². The molecule has 4 heteroatoms. The molecular formula is C51H82N2O2. The van der Waals surface area contributed by atoms with Crippen LogP contribution in [0, 0.1) is 62.6 Å². The Bertz CT molecular complexity index is 1480. The standard InChI is InChI=1S/C51H82N2O2/c1-37(2)35-45(54)55-44-23-25-48(7)42(47(44,5)6)22-26-50(9)43(48)20-19-41-46-40(38(3)4)21-27-51(46,29-28-49(41,50)8)24-15-10-11-16-30-52-31-33-53(34-32-52)36-39-17-13-12-14-18-39/h12-14,17-18,37,40-44,46H,3,10-11,15-16,19-36H2,1-2,4-9H3/t40-,41+,42-,43+,44-,46+,48-,49+,50+,51+/m0/s1. The maximum atomic E-state index is 12.9. The number of rotatable bonds is 13. The average Bonchev–Trinajstić information content (AvgIpc) is 3.52. The van der Waals surface area contributed by atoms with E-state index in [1.807, 2.05) is 0 Å². The Hall–Kier alpha value is -1.65. The fraction of sp³-hybridized carbons (Fsp3) is 0.824. The van der Waals surface area contributed by atoms with Crippen molar-refractivity contribution in [1.29, 1.82) is 0 Å². The molecule has 0 N–H and O–H groups in total. The molecule has 0 radical (unpaired) electrons. The van der Waals surface area contributed by atoms with Gasteiger partial charge >= 0.3 is 5.97 Å². The van der Waals surface area contributed by atoms with Crippen molar-refractivity contribution in [2.45, 2.75) is 171 Å². The zero-order valence-electron chi connectivity index (χ0n) is 36.9. The minimum absolute atomic E-state index is 0.0172. The van der Waals surface area contributed by atoms with E-state index in [4.69, 9.17) is 4.74 Å². The lowest BCUT2D eigenvalue weighted by atomic mass is 9.32. The summed E-state index contributed by atoms with van der Waals surface area (Å²) < 4.78 is 6.32. The van der Waals surface area contributed by atoms with Gasteiger partial charge in [-0.3, -0.25) is 9.69 Å². The molecule has 7 rings (SSSR count). The van der Waals surface area contributed by atoms with Gasteiger partial charge in [0.2, 0.25) is 0 Å². The zero-order chi connectivity index (χ0) is 39.2. The van der Waals surface area contributed by atoms with Gasteiger partial charge in [-0.2, -0.15) is 0 Å². The summed E-state index contributed by atoms with van der Waals surface area (Å²) in [4.78, 5) is 18.3. The molecule has 10 atom stereocenters. The lowest BCUT2D eigenvalue weighted by molar-refractivity contribution is -0.250. The quantitative estimate of drug-likeness (QED) is 0.114. The first-order chi connectivity index (χ1) is 26.1. The van der Waals surface area contributed by atoms with Gasteiger partial charge in [0.1, 0.15) is 6.10 Å². The van der Waals surface area contributed by atoms with Crippen LogP contribution in [0.1, 0.15) is 164 Å². The molecule has 0 spiro atoms. The van der Waals surface area contributed by atoms with Gasteiger partial charge in [0.05, 0.1) is 0 Å². The number of carbonyl (C=O) groups excluding carboxylic acids is 1. The van der Waals surface area contributed by atoms with Crippen molar-refractivity contribution in [3.63, 3.8) is 0 Å². The summed E-state index contributed by atoms with van der Waals surface area (Å²) in [5.41, 5.74) is 4.57. The average molecular weight is 755 g/mol. The van der Waals surface area contributed by atoms with Gasteiger partial charge in [0, 0.05) is 44.6 Å². The van der Waals surface area contributed by atoms with Crippen molar-refractivity contribution in [2.75, 3.05) is 32.7 Å². The first-order valence-corrected chi connectivity index (χ1v) is 23.5. The van der Waals surface area contributed by atoms with Crippen LogP contribution < -0.4 is 0 Å². The largest absolute Gasteiger partial charge is 0.462 e. The van der Waals surface area contributed by atoms with Crippen LogP contribution >= 0.6 is 0 Å². The Morgan fingerprint density at radius 3 is 2.20 bits per heavy atom. The zero-order valence-corrected chi connectivity index (χ0v) is 36.9. The summed E-state index contributed by atoms with van der Waals surface area (Å²) in [6, 6.07) is 11.0. The summed E-state index contributed by atoms with van der Waals surface area (Å²) in [6.45, 7) is 31.8. The Morgan fingerprint density at radius 1 is 0.782 bits per heavy atom. The summed E-state index contributed by atoms with van der Waals surface area (Å²) >= 11 is 0. The Balaban J connectivity index is 0.961. The highest BCUT2D eigenvalue weighted by Crippen LogP contribution is 2.78. The van der Waals surface area contributed by atoms with Crippen molar-refractivity contribution in [2.24, 2.45) is 62.6 Å². The van der Waals surface area contributed by atoms with Crippen LogP contribution in [0.25, 0.3) is 0 Å². The van der Waals surface area contributed by atoms with Gasteiger partial charge in [-0.25, -0.2) is 0 Å². The molecule has 6 aliphatic rings. The Labute approximate surface area is 338 Å². The highest BCUT2D eigenvalue weighted by Gasteiger charge is 2.71. The number of ether oxygens (including phenoxy) is 1. The lowest BCUT2D eigenvalue weighted by Crippen LogP contribution is -2.66. The van der Waals surface area contributed by atoms with Crippen LogP contribution in [0.5, 0.6) is 0 Å². The molecule has 0 aromatic heterocycles. The maximum absolute atomic E-state index is 12.9. The number of esters is 1. The third-order valence-electron chi connectivity index (χ3n) is 18.6. The summed E-state index contributed by atoms with van der Waals surface area (Å²) in [7, 11) is 0. The van der Waals surface area contributed by atoms with E-state index in [0.29, 0.717) is 45.8 Å². The fourth-order valence-corrected chi connectivity index (χ4v) is 15.6. The number of piperazine rings is 1. The number of unbranched alkanes of at least 4 members (excludes halogenated alkanes) is 3. The number of hydrogen-bond acceptors (Lipinski definition) is 4. The molecule has 308 valence electrons. The SMILES string of the molecule is C=C(C)[C@@H]1CC[C@]2(CCCCCCN3CCN(Cc4ccccc4)CC3)CC[C@]3(C)[C@H](CC[C@@H]4[C@@]5(C)CC[C@H](OC(=O)CC(C)C)C(C)(C)[C@@H]5CC[C@]43C)[C@@H]12. The van der Waals surface area contributed by atoms with Gasteiger partial charge < -0.3 is 9.64 Å². The second-order valence-electron chi connectivity index (χ2n) is 22.3. The lowest BCUT2D eigenvalue weighted by Gasteiger charge is -2.73. The second-order valence-corrected chi connectivity index (χ2v) is 22.3. The van der Waals surface area contributed by atoms with Crippen LogP contribution in [-0.2, 0) is 16.1 Å². The van der Waals surface area contributed by atoms with Crippen molar-refractivity contribution < 1.29 is 9.53 Å². The van der Waals surface area contributed by atoms with E-state index in [1.54, 1.807) is 0 Å². The van der Waals surface area contributed by atoms with E-state index in [2.05, 4.69) is 102 Å². The van der Waals surface area contributed by atoms with Crippen molar-refractivity contribution in [1.82, 2.24) is 9.80 Å². The normalized spacial score (nSPS) is 40.2.